The summed E-state index contributed by atoms with van der Waals surface area (Å²) in [5.41, 5.74) is 0.621. The van der Waals surface area contributed by atoms with Crippen LogP contribution < -0.4 is 0 Å². The molecule has 2 aliphatic carbocycles. The maximum Gasteiger partial charge on any atom is 0.0797 e. The van der Waals surface area contributed by atoms with Crippen LogP contribution in [0, 0.1) is 22.7 Å². The Bertz CT molecular complexity index is 449. The monoisotopic (exact) mass is 306 g/mol. The highest BCUT2D eigenvalue weighted by molar-refractivity contribution is 5.18. The van der Waals surface area contributed by atoms with Crippen molar-refractivity contribution in [2.24, 2.45) is 22.7 Å². The number of fused-ring (bicyclic) bond motifs is 1. The molecule has 2 nitrogen and oxygen atoms in total. The lowest BCUT2D eigenvalue weighted by Crippen LogP contribution is -2.55. The molecular formula is C20H34O2. The summed E-state index contributed by atoms with van der Waals surface area (Å²) in [6.07, 6.45) is 7.26. The molecule has 0 amide bonds. The van der Waals surface area contributed by atoms with E-state index in [0.29, 0.717) is 24.7 Å². The van der Waals surface area contributed by atoms with Crippen LogP contribution >= 0.6 is 0 Å². The molecule has 2 saturated carbocycles. The van der Waals surface area contributed by atoms with E-state index in [1.54, 1.807) is 6.08 Å². The summed E-state index contributed by atoms with van der Waals surface area (Å²) in [6, 6.07) is 0. The molecule has 0 bridgehead atoms. The molecule has 2 aliphatic rings. The Morgan fingerprint density at radius 2 is 1.95 bits per heavy atom. The zero-order valence-electron chi connectivity index (χ0n) is 14.9. The van der Waals surface area contributed by atoms with Crippen LogP contribution in [0.5, 0.6) is 0 Å². The third-order valence-corrected chi connectivity index (χ3v) is 6.61. The smallest absolute Gasteiger partial charge is 0.0797 e. The molecule has 2 fully saturated rings. The van der Waals surface area contributed by atoms with Crippen LogP contribution in [0.3, 0.4) is 0 Å². The standard InChI is InChI=1S/C20H34O2/c1-7-19(5,22)12-9-15-14(2)13-16(21)17-18(3,4)10-8-11-20(15,17)6/h7,15-17,21-22H,1-2,8-13H2,3-6H3/t15-,16-,17-,19+,20+/m1/s1. The van der Waals surface area contributed by atoms with Crippen molar-refractivity contribution in [2.75, 3.05) is 0 Å². The predicted octanol–water partition coefficient (Wildman–Crippen LogP) is 4.47. The van der Waals surface area contributed by atoms with Gasteiger partial charge in [0.05, 0.1) is 11.7 Å². The summed E-state index contributed by atoms with van der Waals surface area (Å²) < 4.78 is 0. The molecule has 0 aliphatic heterocycles. The van der Waals surface area contributed by atoms with Crippen molar-refractivity contribution in [1.29, 1.82) is 0 Å². The Labute approximate surface area is 136 Å². The molecule has 0 aromatic heterocycles. The highest BCUT2D eigenvalue weighted by atomic mass is 16.3. The fourth-order valence-corrected chi connectivity index (χ4v) is 5.55. The van der Waals surface area contributed by atoms with Gasteiger partial charge in [-0.2, -0.15) is 0 Å². The van der Waals surface area contributed by atoms with Gasteiger partial charge in [-0.05, 0) is 61.7 Å². The van der Waals surface area contributed by atoms with Crippen LogP contribution in [0.15, 0.2) is 24.8 Å². The molecule has 0 aromatic carbocycles. The summed E-state index contributed by atoms with van der Waals surface area (Å²) in [7, 11) is 0. The van der Waals surface area contributed by atoms with Gasteiger partial charge in [0, 0.05) is 0 Å². The van der Waals surface area contributed by atoms with E-state index in [-0.39, 0.29) is 16.9 Å². The van der Waals surface area contributed by atoms with E-state index < -0.39 is 5.60 Å². The summed E-state index contributed by atoms with van der Waals surface area (Å²) in [5, 5.41) is 21.0. The first-order valence-corrected chi connectivity index (χ1v) is 8.75. The second kappa shape index (κ2) is 5.79. The molecule has 0 unspecified atom stereocenters. The van der Waals surface area contributed by atoms with Gasteiger partial charge in [-0.15, -0.1) is 6.58 Å². The molecular weight excluding hydrogens is 272 g/mol. The van der Waals surface area contributed by atoms with Crippen LogP contribution in [0.1, 0.15) is 66.2 Å². The fraction of sp³-hybridized carbons (Fsp3) is 0.800. The summed E-state index contributed by atoms with van der Waals surface area (Å²) in [5.74, 6) is 0.699. The summed E-state index contributed by atoms with van der Waals surface area (Å²) in [4.78, 5) is 0. The highest BCUT2D eigenvalue weighted by Gasteiger charge is 2.56. The van der Waals surface area contributed by atoms with Crippen molar-refractivity contribution in [3.63, 3.8) is 0 Å². The van der Waals surface area contributed by atoms with E-state index in [2.05, 4.69) is 33.9 Å². The molecule has 0 radical (unpaired) electrons. The molecule has 126 valence electrons. The quantitative estimate of drug-likeness (QED) is 0.752. The molecule has 2 N–H and O–H groups in total. The van der Waals surface area contributed by atoms with E-state index >= 15 is 0 Å². The van der Waals surface area contributed by atoms with Gasteiger partial charge in [0.15, 0.2) is 0 Å². The van der Waals surface area contributed by atoms with Crippen molar-refractivity contribution >= 4 is 0 Å². The average molecular weight is 306 g/mol. The minimum absolute atomic E-state index is 0.0910. The van der Waals surface area contributed by atoms with E-state index in [1.807, 2.05) is 6.92 Å². The van der Waals surface area contributed by atoms with Gasteiger partial charge < -0.3 is 10.2 Å². The molecule has 0 aromatic rings. The lowest BCUT2D eigenvalue weighted by Gasteiger charge is -2.59. The third kappa shape index (κ3) is 3.05. The van der Waals surface area contributed by atoms with Crippen molar-refractivity contribution in [1.82, 2.24) is 0 Å². The van der Waals surface area contributed by atoms with E-state index in [4.69, 9.17) is 0 Å². The molecule has 2 rings (SSSR count). The van der Waals surface area contributed by atoms with Crippen LogP contribution in [0.2, 0.25) is 0 Å². The van der Waals surface area contributed by atoms with Gasteiger partial charge in [-0.3, -0.25) is 0 Å². The molecule has 22 heavy (non-hydrogen) atoms. The van der Waals surface area contributed by atoms with Gasteiger partial charge in [0.2, 0.25) is 0 Å². The third-order valence-electron chi connectivity index (χ3n) is 6.61. The Morgan fingerprint density at radius 1 is 1.32 bits per heavy atom. The zero-order chi connectivity index (χ0) is 16.8. The van der Waals surface area contributed by atoms with Gasteiger partial charge in [0.25, 0.3) is 0 Å². The first-order chi connectivity index (χ1) is 10.0. The van der Waals surface area contributed by atoms with Gasteiger partial charge in [-0.1, -0.05) is 45.4 Å². The zero-order valence-corrected chi connectivity index (χ0v) is 14.9. The van der Waals surface area contributed by atoms with E-state index in [1.165, 1.54) is 18.4 Å². The van der Waals surface area contributed by atoms with Crippen LogP contribution in [0.4, 0.5) is 0 Å². The first-order valence-electron chi connectivity index (χ1n) is 8.75. The summed E-state index contributed by atoms with van der Waals surface area (Å²) in [6.45, 7) is 16.8. The van der Waals surface area contributed by atoms with Crippen molar-refractivity contribution < 1.29 is 10.2 Å². The minimum Gasteiger partial charge on any atom is -0.392 e. The fourth-order valence-electron chi connectivity index (χ4n) is 5.55. The number of aliphatic hydroxyl groups is 2. The minimum atomic E-state index is -0.813. The summed E-state index contributed by atoms with van der Waals surface area (Å²) >= 11 is 0. The molecule has 0 saturated heterocycles. The first kappa shape index (κ1) is 17.7. The molecule has 0 spiro atoms. The lowest BCUT2D eigenvalue weighted by atomic mass is 9.46. The van der Waals surface area contributed by atoms with Crippen molar-refractivity contribution in [2.45, 2.75) is 77.9 Å². The van der Waals surface area contributed by atoms with Gasteiger partial charge in [0.1, 0.15) is 0 Å². The van der Waals surface area contributed by atoms with Crippen LogP contribution in [0.25, 0.3) is 0 Å². The van der Waals surface area contributed by atoms with Gasteiger partial charge in [-0.25, -0.2) is 0 Å². The van der Waals surface area contributed by atoms with Gasteiger partial charge >= 0.3 is 0 Å². The Hall–Kier alpha value is -0.600. The van der Waals surface area contributed by atoms with Crippen LogP contribution in [-0.4, -0.2) is 21.9 Å². The lowest BCUT2D eigenvalue weighted by molar-refractivity contribution is -0.123. The molecule has 5 atom stereocenters. The average Bonchev–Trinajstić information content (AvgIpc) is 2.36. The molecule has 0 heterocycles. The van der Waals surface area contributed by atoms with E-state index in [0.717, 1.165) is 12.8 Å². The maximum atomic E-state index is 10.7. The second-order valence-corrected chi connectivity index (χ2v) is 8.91. The van der Waals surface area contributed by atoms with Crippen molar-refractivity contribution in [3.8, 4) is 0 Å². The normalized spacial score (nSPS) is 40.6. The Balaban J connectivity index is 2.28. The Kier molecular flexibility index (Phi) is 4.68. The number of hydrogen-bond acceptors (Lipinski definition) is 2. The maximum absolute atomic E-state index is 10.7. The SMILES string of the molecule is C=C[C@](C)(O)CC[C@@H]1C(=C)C[C@@H](O)[C@@H]2C(C)(C)CCC[C@@]12C. The predicted molar refractivity (Wildman–Crippen MR) is 92.5 cm³/mol. The van der Waals surface area contributed by atoms with Crippen LogP contribution in [-0.2, 0) is 0 Å². The number of aliphatic hydroxyl groups excluding tert-OH is 1. The second-order valence-electron chi connectivity index (χ2n) is 8.91. The largest absolute Gasteiger partial charge is 0.392 e. The highest BCUT2D eigenvalue weighted by Crippen LogP contribution is 2.61. The van der Waals surface area contributed by atoms with E-state index in [9.17, 15) is 10.2 Å². The van der Waals surface area contributed by atoms with Crippen molar-refractivity contribution in [3.05, 3.63) is 24.8 Å². The Morgan fingerprint density at radius 3 is 2.55 bits per heavy atom. The topological polar surface area (TPSA) is 40.5 Å². The molecule has 2 heteroatoms. The number of hydrogen-bond donors (Lipinski definition) is 2. The number of rotatable bonds is 4.